The van der Waals surface area contributed by atoms with Crippen molar-refractivity contribution in [2.24, 2.45) is 7.05 Å². The van der Waals surface area contributed by atoms with Crippen LogP contribution in [0.25, 0.3) is 0 Å². The summed E-state index contributed by atoms with van der Waals surface area (Å²) in [5.41, 5.74) is 2.11. The quantitative estimate of drug-likeness (QED) is 0.850. The van der Waals surface area contributed by atoms with Crippen LogP contribution in [0, 0.1) is 0 Å². The highest BCUT2D eigenvalue weighted by molar-refractivity contribution is 5.77. The average molecular weight is 301 g/mol. The Bertz CT molecular complexity index is 595. The molecule has 2 aromatic rings. The Hall–Kier alpha value is -2.14. The van der Waals surface area contributed by atoms with Crippen molar-refractivity contribution >= 4 is 5.91 Å². The first-order valence-corrected chi connectivity index (χ1v) is 7.50. The van der Waals surface area contributed by atoms with Crippen LogP contribution in [0.5, 0.6) is 0 Å². The second-order valence-electron chi connectivity index (χ2n) is 5.55. The fraction of sp³-hybridized carbons (Fsp3) is 0.412. The molecule has 1 N–H and O–H groups in total. The molecule has 1 aromatic carbocycles. The van der Waals surface area contributed by atoms with Crippen molar-refractivity contribution in [1.29, 1.82) is 0 Å². The van der Waals surface area contributed by atoms with Gasteiger partial charge in [0, 0.05) is 26.2 Å². The summed E-state index contributed by atoms with van der Waals surface area (Å²) in [6.07, 6.45) is 3.89. The number of rotatable bonds is 7. The van der Waals surface area contributed by atoms with Crippen LogP contribution in [0.3, 0.4) is 0 Å². The Kier molecular flexibility index (Phi) is 5.72. The Morgan fingerprint density at radius 3 is 2.68 bits per heavy atom. The molecule has 0 unspecified atom stereocenters. The number of imidazole rings is 1. The Morgan fingerprint density at radius 2 is 2.09 bits per heavy atom. The van der Waals surface area contributed by atoms with E-state index >= 15 is 0 Å². The molecule has 5 heteroatoms. The molecule has 0 spiro atoms. The zero-order chi connectivity index (χ0) is 15.9. The van der Waals surface area contributed by atoms with E-state index < -0.39 is 0 Å². The first kappa shape index (κ1) is 16.2. The predicted octanol–water partition coefficient (Wildman–Crippen LogP) is 1.93. The zero-order valence-corrected chi connectivity index (χ0v) is 13.1. The van der Waals surface area contributed by atoms with E-state index in [9.17, 15) is 9.90 Å². The summed E-state index contributed by atoms with van der Waals surface area (Å²) >= 11 is 0. The van der Waals surface area contributed by atoms with Crippen molar-refractivity contribution in [1.82, 2.24) is 14.5 Å². The number of hydrogen-bond acceptors (Lipinski definition) is 3. The van der Waals surface area contributed by atoms with Gasteiger partial charge in [0.15, 0.2) is 0 Å². The summed E-state index contributed by atoms with van der Waals surface area (Å²) in [7, 11) is 1.90. The van der Waals surface area contributed by atoms with Gasteiger partial charge in [0.25, 0.3) is 0 Å². The van der Waals surface area contributed by atoms with Crippen LogP contribution in [0.1, 0.15) is 30.5 Å². The van der Waals surface area contributed by atoms with Gasteiger partial charge in [0.1, 0.15) is 0 Å². The molecular formula is C17H23N3O2. The largest absolute Gasteiger partial charge is 0.395 e. The number of amides is 1. The average Bonchev–Trinajstić information content (AvgIpc) is 2.93. The molecule has 1 heterocycles. The molecule has 0 aliphatic heterocycles. The number of aliphatic hydroxyl groups is 1. The third kappa shape index (κ3) is 4.18. The van der Waals surface area contributed by atoms with Gasteiger partial charge in [0.05, 0.1) is 25.2 Å². The molecule has 118 valence electrons. The highest BCUT2D eigenvalue weighted by Crippen LogP contribution is 2.20. The zero-order valence-electron chi connectivity index (χ0n) is 13.1. The van der Waals surface area contributed by atoms with Gasteiger partial charge >= 0.3 is 0 Å². The number of benzene rings is 1. The van der Waals surface area contributed by atoms with Crippen molar-refractivity contribution < 1.29 is 9.90 Å². The molecule has 0 saturated carbocycles. The van der Waals surface area contributed by atoms with E-state index in [4.69, 9.17) is 0 Å². The third-order valence-corrected chi connectivity index (χ3v) is 3.84. The van der Waals surface area contributed by atoms with Crippen LogP contribution in [-0.4, -0.2) is 38.6 Å². The lowest BCUT2D eigenvalue weighted by Gasteiger charge is -2.23. The second kappa shape index (κ2) is 7.75. The lowest BCUT2D eigenvalue weighted by molar-refractivity contribution is -0.132. The minimum absolute atomic E-state index is 0.0384. The number of carbonyl (C=O) groups excluding carboxylic acids is 1. The second-order valence-corrected chi connectivity index (χ2v) is 5.55. The molecular weight excluding hydrogens is 278 g/mol. The van der Waals surface area contributed by atoms with Crippen molar-refractivity contribution in [2.75, 3.05) is 13.2 Å². The lowest BCUT2D eigenvalue weighted by Crippen LogP contribution is -2.34. The van der Waals surface area contributed by atoms with Crippen LogP contribution >= 0.6 is 0 Å². The smallest absolute Gasteiger partial charge is 0.223 e. The number of aromatic nitrogens is 2. The molecule has 2 rings (SSSR count). The third-order valence-electron chi connectivity index (χ3n) is 3.84. The molecule has 1 amide bonds. The maximum absolute atomic E-state index is 12.5. The van der Waals surface area contributed by atoms with Gasteiger partial charge in [-0.15, -0.1) is 0 Å². The minimum atomic E-state index is -0.0384. The number of nitrogens with zero attached hydrogens (tertiary/aromatic N) is 3. The van der Waals surface area contributed by atoms with Crippen molar-refractivity contribution in [2.45, 2.75) is 25.8 Å². The SMILES string of the molecule is C[C@@H](CC(=O)N(CCO)Cc1cncn1C)c1ccccc1. The lowest BCUT2D eigenvalue weighted by atomic mass is 9.97. The maximum Gasteiger partial charge on any atom is 0.223 e. The van der Waals surface area contributed by atoms with E-state index in [1.165, 1.54) is 0 Å². The van der Waals surface area contributed by atoms with Crippen LogP contribution < -0.4 is 0 Å². The van der Waals surface area contributed by atoms with E-state index in [0.717, 1.165) is 11.3 Å². The summed E-state index contributed by atoms with van der Waals surface area (Å²) in [5, 5.41) is 9.22. The Morgan fingerprint density at radius 1 is 1.36 bits per heavy atom. The molecule has 0 bridgehead atoms. The number of aliphatic hydroxyl groups excluding tert-OH is 1. The van der Waals surface area contributed by atoms with Crippen LogP contribution in [0.2, 0.25) is 0 Å². The Labute approximate surface area is 131 Å². The van der Waals surface area contributed by atoms with E-state index in [1.54, 1.807) is 17.4 Å². The van der Waals surface area contributed by atoms with Gasteiger partial charge in [-0.25, -0.2) is 4.98 Å². The van der Waals surface area contributed by atoms with Crippen LogP contribution in [0.4, 0.5) is 0 Å². The highest BCUT2D eigenvalue weighted by Gasteiger charge is 2.18. The Balaban J connectivity index is 2.02. The summed E-state index contributed by atoms with van der Waals surface area (Å²) < 4.78 is 1.89. The summed E-state index contributed by atoms with van der Waals surface area (Å²) in [6, 6.07) is 10.0. The molecule has 0 aliphatic carbocycles. The van der Waals surface area contributed by atoms with Gasteiger partial charge in [-0.3, -0.25) is 4.79 Å². The molecule has 0 aliphatic rings. The minimum Gasteiger partial charge on any atom is -0.395 e. The van der Waals surface area contributed by atoms with Gasteiger partial charge in [0.2, 0.25) is 5.91 Å². The summed E-state index contributed by atoms with van der Waals surface area (Å²) in [4.78, 5) is 18.3. The summed E-state index contributed by atoms with van der Waals surface area (Å²) in [5.74, 6) is 0.202. The topological polar surface area (TPSA) is 58.4 Å². The molecule has 22 heavy (non-hydrogen) atoms. The number of hydrogen-bond donors (Lipinski definition) is 1. The summed E-state index contributed by atoms with van der Waals surface area (Å²) in [6.45, 7) is 2.82. The van der Waals surface area contributed by atoms with Crippen molar-refractivity contribution in [3.05, 3.63) is 54.1 Å². The van der Waals surface area contributed by atoms with Crippen LogP contribution in [0.15, 0.2) is 42.9 Å². The van der Waals surface area contributed by atoms with E-state index in [-0.39, 0.29) is 18.4 Å². The van der Waals surface area contributed by atoms with Gasteiger partial charge < -0.3 is 14.6 Å². The highest BCUT2D eigenvalue weighted by atomic mass is 16.3. The van der Waals surface area contributed by atoms with Crippen LogP contribution in [-0.2, 0) is 18.4 Å². The van der Waals surface area contributed by atoms with E-state index in [0.29, 0.717) is 19.5 Å². The monoisotopic (exact) mass is 301 g/mol. The number of carbonyl (C=O) groups is 1. The number of aryl methyl sites for hydroxylation is 1. The first-order chi connectivity index (χ1) is 10.6. The van der Waals surface area contributed by atoms with Gasteiger partial charge in [-0.05, 0) is 11.5 Å². The van der Waals surface area contributed by atoms with Crippen molar-refractivity contribution in [3.63, 3.8) is 0 Å². The van der Waals surface area contributed by atoms with E-state index in [1.807, 2.05) is 41.9 Å². The maximum atomic E-state index is 12.5. The molecule has 0 saturated heterocycles. The molecule has 0 radical (unpaired) electrons. The van der Waals surface area contributed by atoms with E-state index in [2.05, 4.69) is 11.9 Å². The molecule has 5 nitrogen and oxygen atoms in total. The normalized spacial score (nSPS) is 12.1. The standard InChI is InChI=1S/C17H23N3O2/c1-14(15-6-4-3-5-7-15)10-17(22)20(8-9-21)12-16-11-18-13-19(16)2/h3-7,11,13-14,21H,8-10,12H2,1-2H3/t14-/m0/s1. The molecule has 0 fully saturated rings. The van der Waals surface area contributed by atoms with Crippen molar-refractivity contribution in [3.8, 4) is 0 Å². The van der Waals surface area contributed by atoms with Gasteiger partial charge in [-0.1, -0.05) is 37.3 Å². The first-order valence-electron chi connectivity index (χ1n) is 7.50. The fourth-order valence-corrected chi connectivity index (χ4v) is 2.44. The predicted molar refractivity (Wildman–Crippen MR) is 85.2 cm³/mol. The molecule has 1 atom stereocenters. The fourth-order valence-electron chi connectivity index (χ4n) is 2.44. The van der Waals surface area contributed by atoms with Gasteiger partial charge in [-0.2, -0.15) is 0 Å². The molecule has 1 aromatic heterocycles.